The predicted molar refractivity (Wildman–Crippen MR) is 114 cm³/mol. The summed E-state index contributed by atoms with van der Waals surface area (Å²) in [5.41, 5.74) is 0.688. The van der Waals surface area contributed by atoms with Crippen LogP contribution in [0.25, 0.3) is 0 Å². The number of hydrogen-bond acceptors (Lipinski definition) is 5. The number of hydrogen-bond donors (Lipinski definition) is 1. The van der Waals surface area contributed by atoms with E-state index in [2.05, 4.69) is 17.4 Å². The highest BCUT2D eigenvalue weighted by atomic mass is 16.5. The normalized spacial score (nSPS) is 36.4. The van der Waals surface area contributed by atoms with Gasteiger partial charge in [-0.05, 0) is 56.6 Å². The molecule has 7 nitrogen and oxygen atoms in total. The van der Waals surface area contributed by atoms with Gasteiger partial charge in [-0.25, -0.2) is 0 Å². The van der Waals surface area contributed by atoms with E-state index in [1.54, 1.807) is 0 Å². The summed E-state index contributed by atoms with van der Waals surface area (Å²) in [5.74, 6) is 1.28. The highest BCUT2D eigenvalue weighted by molar-refractivity contribution is 5.81. The Bertz CT molecular complexity index is 837. The number of carbonyl (C=O) groups excluding carboxylic acids is 2. The number of para-hydroxylation sites is 1. The highest BCUT2D eigenvalue weighted by Gasteiger charge is 2.52. The summed E-state index contributed by atoms with van der Waals surface area (Å²) in [7, 11) is 0. The van der Waals surface area contributed by atoms with Gasteiger partial charge in [-0.1, -0.05) is 18.2 Å². The Hall–Kier alpha value is -2.12. The van der Waals surface area contributed by atoms with Gasteiger partial charge in [0.05, 0.1) is 37.3 Å². The summed E-state index contributed by atoms with van der Waals surface area (Å²) in [6.07, 6.45) is 5.04. The molecule has 1 N–H and O–H groups in total. The summed E-state index contributed by atoms with van der Waals surface area (Å²) < 4.78 is 18.3. The van der Waals surface area contributed by atoms with E-state index in [1.165, 1.54) is 5.56 Å². The van der Waals surface area contributed by atoms with Crippen LogP contribution in [-0.4, -0.2) is 66.9 Å². The summed E-state index contributed by atoms with van der Waals surface area (Å²) >= 11 is 0. The molecule has 0 aromatic heterocycles. The Labute approximate surface area is 183 Å². The number of rotatable bonds is 0. The van der Waals surface area contributed by atoms with Gasteiger partial charge in [0.25, 0.3) is 0 Å². The van der Waals surface area contributed by atoms with Crippen molar-refractivity contribution in [2.45, 2.75) is 75.2 Å². The lowest BCUT2D eigenvalue weighted by atomic mass is 9.82. The van der Waals surface area contributed by atoms with E-state index >= 15 is 0 Å². The highest BCUT2D eigenvalue weighted by Crippen LogP contribution is 2.40. The number of benzene rings is 1. The minimum Gasteiger partial charge on any atom is -0.490 e. The molecular weight excluding hydrogens is 396 g/mol. The van der Waals surface area contributed by atoms with E-state index in [0.29, 0.717) is 38.5 Å². The topological polar surface area (TPSA) is 77.1 Å². The van der Waals surface area contributed by atoms with Gasteiger partial charge in [0, 0.05) is 6.54 Å². The van der Waals surface area contributed by atoms with E-state index in [9.17, 15) is 9.59 Å². The molecule has 3 fully saturated rings. The third-order valence-electron chi connectivity index (χ3n) is 7.43. The smallest absolute Gasteiger partial charge is 0.246 e. The summed E-state index contributed by atoms with van der Waals surface area (Å²) in [6.45, 7) is 3.48. The monoisotopic (exact) mass is 428 g/mol. The van der Waals surface area contributed by atoms with Crippen LogP contribution in [0, 0.1) is 0 Å². The number of nitrogens with zero attached hydrogens (tertiary/aromatic N) is 1. The predicted octanol–water partition coefficient (Wildman–Crippen LogP) is 2.39. The third-order valence-corrected chi connectivity index (χ3v) is 7.43. The summed E-state index contributed by atoms with van der Waals surface area (Å²) in [4.78, 5) is 27.3. The minimum absolute atomic E-state index is 0.0393. The second-order valence-electron chi connectivity index (χ2n) is 9.53. The standard InChI is InChI=1S/C24H32N2O5/c1-16-12-23(28)26-11-10-24(15-29-14-22(27)25-24)21(26)13-30-18-8-6-17(7-9-18)19-4-2-3-5-20(19)31-16/h2-5,16-18,21H,6-15H2,1H3,(H,25,27)/t16-,17?,18?,21+,24-/m0/s1. The zero-order valence-electron chi connectivity index (χ0n) is 18.2. The first-order chi connectivity index (χ1) is 15.0. The van der Waals surface area contributed by atoms with Gasteiger partial charge in [0.15, 0.2) is 0 Å². The number of carbonyl (C=O) groups is 2. The lowest BCUT2D eigenvalue weighted by Crippen LogP contribution is -2.65. The van der Waals surface area contributed by atoms with Crippen LogP contribution in [0.15, 0.2) is 24.3 Å². The fourth-order valence-electron chi connectivity index (χ4n) is 5.79. The Morgan fingerprint density at radius 3 is 2.74 bits per heavy atom. The van der Waals surface area contributed by atoms with E-state index in [-0.39, 0.29) is 36.7 Å². The molecule has 1 aliphatic carbocycles. The van der Waals surface area contributed by atoms with Crippen LogP contribution in [0.2, 0.25) is 0 Å². The molecule has 4 heterocycles. The quantitative estimate of drug-likeness (QED) is 0.687. The van der Waals surface area contributed by atoms with Gasteiger partial charge >= 0.3 is 0 Å². The van der Waals surface area contributed by atoms with Crippen LogP contribution in [-0.2, 0) is 19.1 Å². The number of morpholine rings is 1. The van der Waals surface area contributed by atoms with Gasteiger partial charge < -0.3 is 24.4 Å². The van der Waals surface area contributed by atoms with Crippen LogP contribution in [0.1, 0.15) is 56.9 Å². The fourth-order valence-corrected chi connectivity index (χ4v) is 5.79. The number of ether oxygens (including phenoxy) is 3. The first-order valence-corrected chi connectivity index (χ1v) is 11.6. The average molecular weight is 429 g/mol. The number of nitrogens with one attached hydrogen (secondary N) is 1. The van der Waals surface area contributed by atoms with Crippen molar-refractivity contribution in [3.63, 3.8) is 0 Å². The molecule has 0 unspecified atom stereocenters. The molecule has 2 amide bonds. The Morgan fingerprint density at radius 1 is 1.13 bits per heavy atom. The lowest BCUT2D eigenvalue weighted by Gasteiger charge is -2.42. The molecule has 1 saturated carbocycles. The molecule has 2 bridgehead atoms. The average Bonchev–Trinajstić information content (AvgIpc) is 3.09. The van der Waals surface area contributed by atoms with Crippen molar-refractivity contribution in [2.24, 2.45) is 0 Å². The fraction of sp³-hybridized carbons (Fsp3) is 0.667. The molecule has 1 spiro atoms. The SMILES string of the molecule is C[C@H]1CC(=O)N2CC[C@]3(COCC(=O)N3)[C@H]2COC2CCC(CC2)c2ccccc2O1. The van der Waals surface area contributed by atoms with Crippen LogP contribution in [0.4, 0.5) is 0 Å². The maximum Gasteiger partial charge on any atom is 0.246 e. The Morgan fingerprint density at radius 2 is 1.94 bits per heavy atom. The molecule has 5 aliphatic rings. The van der Waals surface area contributed by atoms with Crippen molar-refractivity contribution >= 4 is 11.8 Å². The summed E-state index contributed by atoms with van der Waals surface area (Å²) in [5, 5.41) is 3.14. The van der Waals surface area contributed by atoms with Crippen LogP contribution in [0.3, 0.4) is 0 Å². The van der Waals surface area contributed by atoms with E-state index in [4.69, 9.17) is 14.2 Å². The first-order valence-electron chi connectivity index (χ1n) is 11.6. The molecule has 1 aromatic carbocycles. The molecule has 7 heteroatoms. The second kappa shape index (κ2) is 8.43. The van der Waals surface area contributed by atoms with E-state index < -0.39 is 5.54 Å². The molecule has 0 radical (unpaired) electrons. The summed E-state index contributed by atoms with van der Waals surface area (Å²) in [6, 6.07) is 8.03. The number of amides is 2. The van der Waals surface area contributed by atoms with Gasteiger partial charge in [-0.3, -0.25) is 9.59 Å². The van der Waals surface area contributed by atoms with Gasteiger partial charge in [-0.2, -0.15) is 0 Å². The molecule has 6 rings (SSSR count). The first kappa shape index (κ1) is 20.8. The van der Waals surface area contributed by atoms with Gasteiger partial charge in [0.1, 0.15) is 18.5 Å². The van der Waals surface area contributed by atoms with Gasteiger partial charge in [0.2, 0.25) is 11.8 Å². The van der Waals surface area contributed by atoms with E-state index in [1.807, 2.05) is 24.0 Å². The Kier molecular flexibility index (Phi) is 5.65. The van der Waals surface area contributed by atoms with Crippen molar-refractivity contribution in [3.8, 4) is 5.75 Å². The number of fused-ring (bicyclic) bond motifs is 6. The largest absolute Gasteiger partial charge is 0.490 e. The van der Waals surface area contributed by atoms with Crippen LogP contribution < -0.4 is 10.1 Å². The molecule has 3 atom stereocenters. The van der Waals surface area contributed by atoms with E-state index in [0.717, 1.165) is 31.4 Å². The lowest BCUT2D eigenvalue weighted by molar-refractivity contribution is -0.144. The molecule has 1 aromatic rings. The van der Waals surface area contributed by atoms with Gasteiger partial charge in [-0.15, -0.1) is 0 Å². The third kappa shape index (κ3) is 4.05. The molecule has 2 saturated heterocycles. The molecule has 168 valence electrons. The van der Waals surface area contributed by atoms with Crippen molar-refractivity contribution in [3.05, 3.63) is 29.8 Å². The Balaban J connectivity index is 1.43. The van der Waals surface area contributed by atoms with Crippen molar-refractivity contribution in [1.82, 2.24) is 10.2 Å². The molecule has 4 aliphatic heterocycles. The van der Waals surface area contributed by atoms with Crippen molar-refractivity contribution in [1.29, 1.82) is 0 Å². The maximum absolute atomic E-state index is 13.3. The minimum atomic E-state index is -0.560. The van der Waals surface area contributed by atoms with Crippen molar-refractivity contribution < 1.29 is 23.8 Å². The van der Waals surface area contributed by atoms with Crippen LogP contribution in [0.5, 0.6) is 5.75 Å². The maximum atomic E-state index is 13.3. The second-order valence-corrected chi connectivity index (χ2v) is 9.53. The van der Waals surface area contributed by atoms with Crippen LogP contribution >= 0.6 is 0 Å². The zero-order chi connectivity index (χ0) is 21.4. The molecule has 31 heavy (non-hydrogen) atoms. The van der Waals surface area contributed by atoms with Crippen molar-refractivity contribution in [2.75, 3.05) is 26.4 Å². The molecular formula is C24H32N2O5. The zero-order valence-corrected chi connectivity index (χ0v) is 18.2.